The maximum absolute atomic E-state index is 12.9. The molecule has 0 saturated carbocycles. The van der Waals surface area contributed by atoms with Gasteiger partial charge in [0.1, 0.15) is 0 Å². The molecule has 1 aliphatic heterocycles. The molecule has 0 unspecified atom stereocenters. The lowest BCUT2D eigenvalue weighted by Crippen LogP contribution is -2.43. The molecule has 1 amide bonds. The van der Waals surface area contributed by atoms with Gasteiger partial charge in [-0.2, -0.15) is 4.31 Å². The van der Waals surface area contributed by atoms with Crippen LogP contribution in [0, 0.1) is 5.92 Å². The number of halogens is 1. The third kappa shape index (κ3) is 5.14. The van der Waals surface area contributed by atoms with Gasteiger partial charge in [0.25, 0.3) is 0 Å². The van der Waals surface area contributed by atoms with Crippen molar-refractivity contribution in [2.45, 2.75) is 31.2 Å². The summed E-state index contributed by atoms with van der Waals surface area (Å²) in [6.45, 7) is 2.54. The summed E-state index contributed by atoms with van der Waals surface area (Å²) in [5, 5.41) is 0. The Labute approximate surface area is 183 Å². The molecule has 1 aromatic heterocycles. The zero-order valence-electron chi connectivity index (χ0n) is 16.3. The third-order valence-corrected chi connectivity index (χ3v) is 8.58. The zero-order chi connectivity index (χ0) is 21.2. The van der Waals surface area contributed by atoms with Gasteiger partial charge >= 0.3 is 0 Å². The van der Waals surface area contributed by atoms with Crippen LogP contribution in [0.5, 0.6) is 0 Å². The van der Waals surface area contributed by atoms with E-state index in [1.54, 1.807) is 35.4 Å². The number of Topliss-reactive ketones (excluding diaryl/α,β-unsaturated/α-hetero) is 1. The topological polar surface area (TPSA) is 74.8 Å². The van der Waals surface area contributed by atoms with Crippen LogP contribution in [0.4, 0.5) is 0 Å². The first-order chi connectivity index (χ1) is 13.7. The summed E-state index contributed by atoms with van der Waals surface area (Å²) in [7, 11) is -1.90. The molecule has 2 heterocycles. The average molecular weight is 499 g/mol. The van der Waals surface area contributed by atoms with Crippen LogP contribution in [0.2, 0.25) is 0 Å². The SMILES string of the molecule is CC(=O)c1cccc(S(=O)(=O)N2CCC(C(=O)N(C)Cc3ccc(Br)s3)CC2)c1. The number of ketones is 1. The van der Waals surface area contributed by atoms with Gasteiger partial charge in [0.15, 0.2) is 5.78 Å². The van der Waals surface area contributed by atoms with Crippen LogP contribution in [0.3, 0.4) is 0 Å². The van der Waals surface area contributed by atoms with Gasteiger partial charge in [-0.25, -0.2) is 8.42 Å². The van der Waals surface area contributed by atoms with E-state index < -0.39 is 10.0 Å². The average Bonchev–Trinajstić information content (AvgIpc) is 3.12. The fourth-order valence-corrected chi connectivity index (χ4v) is 6.48. The van der Waals surface area contributed by atoms with Crippen LogP contribution >= 0.6 is 27.3 Å². The second-order valence-electron chi connectivity index (χ2n) is 7.16. The van der Waals surface area contributed by atoms with Crippen molar-refractivity contribution in [1.29, 1.82) is 0 Å². The number of hydrogen-bond donors (Lipinski definition) is 0. The highest BCUT2D eigenvalue weighted by Crippen LogP contribution is 2.27. The van der Waals surface area contributed by atoms with E-state index in [2.05, 4.69) is 15.9 Å². The Morgan fingerprint density at radius 2 is 1.90 bits per heavy atom. The van der Waals surface area contributed by atoms with Gasteiger partial charge in [0, 0.05) is 36.5 Å². The molecule has 1 aromatic carbocycles. The van der Waals surface area contributed by atoms with Crippen LogP contribution < -0.4 is 0 Å². The van der Waals surface area contributed by atoms with Crippen molar-refractivity contribution in [1.82, 2.24) is 9.21 Å². The molecule has 3 rings (SSSR count). The number of sulfonamides is 1. The molecule has 0 aliphatic carbocycles. The van der Waals surface area contributed by atoms with Gasteiger partial charge in [-0.1, -0.05) is 12.1 Å². The second-order valence-corrected chi connectivity index (χ2v) is 11.6. The zero-order valence-corrected chi connectivity index (χ0v) is 19.5. The third-order valence-electron chi connectivity index (χ3n) is 5.08. The highest BCUT2D eigenvalue weighted by molar-refractivity contribution is 9.11. The lowest BCUT2D eigenvalue weighted by molar-refractivity contribution is -0.135. The fraction of sp³-hybridized carbons (Fsp3) is 0.400. The number of thiophene rings is 1. The first kappa shape index (κ1) is 22.1. The Hall–Kier alpha value is -1.55. The van der Waals surface area contributed by atoms with Gasteiger partial charge in [0.05, 0.1) is 15.2 Å². The van der Waals surface area contributed by atoms with E-state index in [0.29, 0.717) is 38.0 Å². The summed E-state index contributed by atoms with van der Waals surface area (Å²) in [5.41, 5.74) is 0.373. The van der Waals surface area contributed by atoms with E-state index in [1.165, 1.54) is 23.4 Å². The minimum absolute atomic E-state index is 0.0464. The Balaban J connectivity index is 1.62. The summed E-state index contributed by atoms with van der Waals surface area (Å²) in [4.78, 5) is 27.3. The maximum Gasteiger partial charge on any atom is 0.243 e. The van der Waals surface area contributed by atoms with Gasteiger partial charge in [-0.3, -0.25) is 9.59 Å². The van der Waals surface area contributed by atoms with Crippen molar-refractivity contribution in [3.8, 4) is 0 Å². The number of amides is 1. The monoisotopic (exact) mass is 498 g/mol. The van der Waals surface area contributed by atoms with Crippen LogP contribution in [-0.2, 0) is 21.4 Å². The van der Waals surface area contributed by atoms with Crippen LogP contribution in [0.15, 0.2) is 45.1 Å². The Morgan fingerprint density at radius 1 is 1.21 bits per heavy atom. The summed E-state index contributed by atoms with van der Waals surface area (Å²) in [6, 6.07) is 10.1. The fourth-order valence-electron chi connectivity index (χ4n) is 3.43. The Morgan fingerprint density at radius 3 is 2.48 bits per heavy atom. The molecule has 0 atom stereocenters. The molecule has 0 N–H and O–H groups in total. The van der Waals surface area contributed by atoms with Crippen molar-refractivity contribution < 1.29 is 18.0 Å². The summed E-state index contributed by atoms with van der Waals surface area (Å²) < 4.78 is 28.3. The van der Waals surface area contributed by atoms with Crippen molar-refractivity contribution in [3.63, 3.8) is 0 Å². The molecule has 1 fully saturated rings. The van der Waals surface area contributed by atoms with E-state index in [4.69, 9.17) is 0 Å². The Bertz CT molecular complexity index is 1010. The number of rotatable bonds is 6. The van der Waals surface area contributed by atoms with E-state index >= 15 is 0 Å². The van der Waals surface area contributed by atoms with Crippen molar-refractivity contribution >= 4 is 49.0 Å². The number of hydrogen-bond acceptors (Lipinski definition) is 5. The molecular weight excluding hydrogens is 476 g/mol. The summed E-state index contributed by atoms with van der Waals surface area (Å²) in [5.74, 6) is -0.310. The lowest BCUT2D eigenvalue weighted by atomic mass is 9.96. The molecule has 1 saturated heterocycles. The first-order valence-electron chi connectivity index (χ1n) is 9.29. The first-order valence-corrected chi connectivity index (χ1v) is 12.3. The van der Waals surface area contributed by atoms with Crippen molar-refractivity contribution in [2.24, 2.45) is 5.92 Å². The minimum Gasteiger partial charge on any atom is -0.340 e. The largest absolute Gasteiger partial charge is 0.340 e. The molecule has 6 nitrogen and oxygen atoms in total. The highest BCUT2D eigenvalue weighted by Gasteiger charge is 2.33. The summed E-state index contributed by atoms with van der Waals surface area (Å²) >= 11 is 5.02. The molecule has 2 aromatic rings. The van der Waals surface area contributed by atoms with Gasteiger partial charge in [-0.15, -0.1) is 11.3 Å². The number of benzene rings is 1. The quantitative estimate of drug-likeness (QED) is 0.568. The number of carbonyl (C=O) groups excluding carboxylic acids is 2. The van der Waals surface area contributed by atoms with E-state index in [1.807, 2.05) is 12.1 Å². The van der Waals surface area contributed by atoms with E-state index in [9.17, 15) is 18.0 Å². The molecule has 1 aliphatic rings. The molecule has 156 valence electrons. The number of carbonyl (C=O) groups is 2. The minimum atomic E-state index is -3.68. The molecule has 9 heteroatoms. The van der Waals surface area contributed by atoms with Crippen molar-refractivity contribution in [3.05, 3.63) is 50.6 Å². The number of nitrogens with zero attached hydrogens (tertiary/aromatic N) is 2. The lowest BCUT2D eigenvalue weighted by Gasteiger charge is -2.32. The van der Waals surface area contributed by atoms with Gasteiger partial charge in [0.2, 0.25) is 15.9 Å². The highest BCUT2D eigenvalue weighted by atomic mass is 79.9. The molecule has 29 heavy (non-hydrogen) atoms. The van der Waals surface area contributed by atoms with Crippen LogP contribution in [0.25, 0.3) is 0 Å². The molecular formula is C20H23BrN2O4S2. The number of piperidine rings is 1. The van der Waals surface area contributed by atoms with E-state index in [0.717, 1.165) is 8.66 Å². The summed E-state index contributed by atoms with van der Waals surface area (Å²) in [6.07, 6.45) is 0.978. The van der Waals surface area contributed by atoms with Gasteiger partial charge in [-0.05, 0) is 60.0 Å². The second kappa shape index (κ2) is 9.07. The van der Waals surface area contributed by atoms with Crippen molar-refractivity contribution in [2.75, 3.05) is 20.1 Å². The molecule has 0 bridgehead atoms. The van der Waals surface area contributed by atoms with Crippen LogP contribution in [0.1, 0.15) is 35.0 Å². The van der Waals surface area contributed by atoms with Crippen LogP contribution in [-0.4, -0.2) is 49.5 Å². The predicted molar refractivity (Wildman–Crippen MR) is 116 cm³/mol. The smallest absolute Gasteiger partial charge is 0.243 e. The predicted octanol–water partition coefficient (Wildman–Crippen LogP) is 3.77. The van der Waals surface area contributed by atoms with Gasteiger partial charge < -0.3 is 4.90 Å². The molecule has 0 spiro atoms. The van der Waals surface area contributed by atoms with E-state index in [-0.39, 0.29) is 22.5 Å². The standard InChI is InChI=1S/C20H23BrN2O4S2/c1-14(24)16-4-3-5-18(12-16)29(26,27)23-10-8-15(9-11-23)20(25)22(2)13-17-6-7-19(21)28-17/h3-7,12,15H,8-11,13H2,1-2H3. The molecule has 0 radical (unpaired) electrons. The normalized spacial score (nSPS) is 16.0. The maximum atomic E-state index is 12.9. The Kier molecular flexibility index (Phi) is 6.93.